The molecule has 1 atom stereocenters. The lowest BCUT2D eigenvalue weighted by Gasteiger charge is -2.47. The van der Waals surface area contributed by atoms with E-state index in [2.05, 4.69) is 30.4 Å². The van der Waals surface area contributed by atoms with Gasteiger partial charge in [-0.3, -0.25) is 0 Å². The minimum Gasteiger partial charge on any atom is -0.490 e. The number of hydrogen-bond acceptors (Lipinski definition) is 3. The van der Waals surface area contributed by atoms with Crippen LogP contribution in [-0.4, -0.2) is 25.4 Å². The average molecular weight is 275 g/mol. The highest BCUT2D eigenvalue weighted by Crippen LogP contribution is 2.43. The Bertz CT molecular complexity index is 468. The van der Waals surface area contributed by atoms with Crippen LogP contribution >= 0.6 is 0 Å². The van der Waals surface area contributed by atoms with Crippen LogP contribution in [0.25, 0.3) is 0 Å². The van der Waals surface area contributed by atoms with Crippen LogP contribution < -0.4 is 10.1 Å². The van der Waals surface area contributed by atoms with E-state index in [1.165, 1.54) is 30.4 Å². The van der Waals surface area contributed by atoms with Crippen molar-refractivity contribution in [1.29, 1.82) is 0 Å². The number of rotatable bonds is 4. The molecule has 3 nitrogen and oxygen atoms in total. The zero-order valence-electron chi connectivity index (χ0n) is 12.6. The Labute approximate surface area is 121 Å². The van der Waals surface area contributed by atoms with Crippen molar-refractivity contribution in [3.63, 3.8) is 0 Å². The maximum absolute atomic E-state index is 6.31. The van der Waals surface area contributed by atoms with Crippen molar-refractivity contribution in [3.05, 3.63) is 29.3 Å². The molecular weight excluding hydrogens is 250 g/mol. The van der Waals surface area contributed by atoms with E-state index in [0.717, 1.165) is 31.7 Å². The molecule has 0 bridgehead atoms. The molecule has 2 aliphatic rings. The van der Waals surface area contributed by atoms with Crippen LogP contribution in [0, 0.1) is 6.92 Å². The van der Waals surface area contributed by atoms with Crippen molar-refractivity contribution in [3.8, 4) is 5.75 Å². The Morgan fingerprint density at radius 2 is 2.25 bits per heavy atom. The van der Waals surface area contributed by atoms with Crippen LogP contribution in [-0.2, 0) is 11.3 Å². The Balaban J connectivity index is 1.70. The van der Waals surface area contributed by atoms with Crippen LogP contribution in [0.15, 0.2) is 18.2 Å². The highest BCUT2D eigenvalue weighted by atomic mass is 16.5. The molecule has 110 valence electrons. The first-order valence-corrected chi connectivity index (χ1v) is 7.75. The molecule has 3 rings (SSSR count). The molecule has 1 N–H and O–H groups in total. The maximum atomic E-state index is 6.31. The number of nitrogens with one attached hydrogen (secondary N) is 1. The molecule has 1 aliphatic heterocycles. The minimum absolute atomic E-state index is 0.150. The van der Waals surface area contributed by atoms with Gasteiger partial charge < -0.3 is 14.8 Å². The fourth-order valence-corrected chi connectivity index (χ4v) is 3.33. The standard InChI is InChI=1S/C17H25NO2/c1-13-4-5-16(14(10-13)12-18-2)20-15-6-9-19-17(11-15)7-3-8-17/h4-5,10,15,18H,3,6-9,11-12H2,1-2H3. The Hall–Kier alpha value is -1.06. The molecule has 1 unspecified atom stereocenters. The van der Waals surface area contributed by atoms with E-state index >= 15 is 0 Å². The third-order valence-corrected chi connectivity index (χ3v) is 4.59. The van der Waals surface area contributed by atoms with E-state index in [4.69, 9.17) is 9.47 Å². The Kier molecular flexibility index (Phi) is 3.99. The molecule has 1 heterocycles. The van der Waals surface area contributed by atoms with Gasteiger partial charge in [-0.1, -0.05) is 17.7 Å². The van der Waals surface area contributed by atoms with Gasteiger partial charge >= 0.3 is 0 Å². The van der Waals surface area contributed by atoms with E-state index < -0.39 is 0 Å². The summed E-state index contributed by atoms with van der Waals surface area (Å²) in [5.74, 6) is 1.03. The predicted octanol–water partition coefficient (Wildman–Crippen LogP) is 3.19. The largest absolute Gasteiger partial charge is 0.490 e. The molecule has 0 amide bonds. The molecule has 1 saturated heterocycles. The van der Waals surface area contributed by atoms with Gasteiger partial charge in [0.2, 0.25) is 0 Å². The molecule has 1 saturated carbocycles. The fraction of sp³-hybridized carbons (Fsp3) is 0.647. The van der Waals surface area contributed by atoms with Crippen molar-refractivity contribution < 1.29 is 9.47 Å². The Morgan fingerprint density at radius 1 is 1.40 bits per heavy atom. The molecule has 0 radical (unpaired) electrons. The lowest BCUT2D eigenvalue weighted by Crippen LogP contribution is -2.48. The molecule has 2 fully saturated rings. The summed E-state index contributed by atoms with van der Waals surface area (Å²) in [6.07, 6.45) is 6.10. The van der Waals surface area contributed by atoms with Gasteiger partial charge in [0, 0.05) is 24.9 Å². The van der Waals surface area contributed by atoms with E-state index in [9.17, 15) is 0 Å². The van der Waals surface area contributed by atoms with Crippen LogP contribution in [0.2, 0.25) is 0 Å². The van der Waals surface area contributed by atoms with E-state index in [1.54, 1.807) is 0 Å². The van der Waals surface area contributed by atoms with Gasteiger partial charge in [-0.05, 0) is 39.3 Å². The van der Waals surface area contributed by atoms with Crippen LogP contribution in [0.5, 0.6) is 5.75 Å². The van der Waals surface area contributed by atoms with Crippen molar-refractivity contribution in [2.24, 2.45) is 0 Å². The summed E-state index contributed by atoms with van der Waals surface area (Å²) < 4.78 is 12.3. The monoisotopic (exact) mass is 275 g/mol. The molecular formula is C17H25NO2. The summed E-state index contributed by atoms with van der Waals surface area (Å²) in [6.45, 7) is 3.82. The summed E-state index contributed by atoms with van der Waals surface area (Å²) in [5.41, 5.74) is 2.68. The zero-order valence-corrected chi connectivity index (χ0v) is 12.6. The van der Waals surface area contributed by atoms with Gasteiger partial charge in [0.15, 0.2) is 0 Å². The smallest absolute Gasteiger partial charge is 0.124 e. The summed E-state index contributed by atoms with van der Waals surface area (Å²) in [4.78, 5) is 0. The third kappa shape index (κ3) is 2.84. The van der Waals surface area contributed by atoms with Gasteiger partial charge in [-0.15, -0.1) is 0 Å². The molecule has 1 aromatic rings. The number of ether oxygens (including phenoxy) is 2. The van der Waals surface area contributed by atoms with E-state index in [1.807, 2.05) is 7.05 Å². The summed E-state index contributed by atoms with van der Waals surface area (Å²) >= 11 is 0. The normalized spacial score (nSPS) is 24.4. The lowest BCUT2D eigenvalue weighted by molar-refractivity contribution is -0.153. The van der Waals surface area contributed by atoms with Gasteiger partial charge in [0.25, 0.3) is 0 Å². The van der Waals surface area contributed by atoms with Gasteiger partial charge in [0.1, 0.15) is 11.9 Å². The summed E-state index contributed by atoms with van der Waals surface area (Å²) in [7, 11) is 1.98. The first-order valence-electron chi connectivity index (χ1n) is 7.75. The number of benzene rings is 1. The second-order valence-corrected chi connectivity index (χ2v) is 6.26. The fourth-order valence-electron chi connectivity index (χ4n) is 3.33. The van der Waals surface area contributed by atoms with Gasteiger partial charge in [0.05, 0.1) is 12.2 Å². The number of hydrogen-bond donors (Lipinski definition) is 1. The van der Waals surface area contributed by atoms with Crippen molar-refractivity contribution in [1.82, 2.24) is 5.32 Å². The molecule has 3 heteroatoms. The molecule has 1 aromatic carbocycles. The SMILES string of the molecule is CNCc1cc(C)ccc1OC1CCOC2(CCC2)C1. The third-order valence-electron chi connectivity index (χ3n) is 4.59. The van der Waals surface area contributed by atoms with Crippen LogP contribution in [0.4, 0.5) is 0 Å². The summed E-state index contributed by atoms with van der Waals surface area (Å²) in [5, 5.41) is 3.22. The second kappa shape index (κ2) is 5.74. The van der Waals surface area contributed by atoms with E-state index in [0.29, 0.717) is 6.10 Å². The van der Waals surface area contributed by atoms with Gasteiger partial charge in [-0.25, -0.2) is 0 Å². The highest BCUT2D eigenvalue weighted by molar-refractivity contribution is 5.37. The van der Waals surface area contributed by atoms with Crippen molar-refractivity contribution >= 4 is 0 Å². The van der Waals surface area contributed by atoms with Crippen molar-refractivity contribution in [2.45, 2.75) is 57.3 Å². The zero-order chi connectivity index (χ0) is 14.0. The topological polar surface area (TPSA) is 30.5 Å². The minimum atomic E-state index is 0.150. The van der Waals surface area contributed by atoms with Gasteiger partial charge in [-0.2, -0.15) is 0 Å². The van der Waals surface area contributed by atoms with Crippen LogP contribution in [0.1, 0.15) is 43.2 Å². The van der Waals surface area contributed by atoms with E-state index in [-0.39, 0.29) is 5.60 Å². The average Bonchev–Trinajstić information content (AvgIpc) is 2.41. The molecule has 0 aromatic heterocycles. The second-order valence-electron chi connectivity index (χ2n) is 6.26. The quantitative estimate of drug-likeness (QED) is 0.915. The van der Waals surface area contributed by atoms with Crippen LogP contribution in [0.3, 0.4) is 0 Å². The highest BCUT2D eigenvalue weighted by Gasteiger charge is 2.43. The first-order chi connectivity index (χ1) is 9.71. The van der Waals surface area contributed by atoms with Crippen molar-refractivity contribution in [2.75, 3.05) is 13.7 Å². The molecule has 1 aliphatic carbocycles. The summed E-state index contributed by atoms with van der Waals surface area (Å²) in [6, 6.07) is 6.46. The first kappa shape index (κ1) is 13.9. The predicted molar refractivity (Wildman–Crippen MR) is 80.1 cm³/mol. The molecule has 1 spiro atoms. The maximum Gasteiger partial charge on any atom is 0.124 e. The molecule has 20 heavy (non-hydrogen) atoms. The Morgan fingerprint density at radius 3 is 2.95 bits per heavy atom. The lowest BCUT2D eigenvalue weighted by atomic mass is 9.74. The number of aryl methyl sites for hydroxylation is 1.